The highest BCUT2D eigenvalue weighted by Gasteiger charge is 2.30. The minimum atomic E-state index is -1.47. The van der Waals surface area contributed by atoms with Gasteiger partial charge in [0.25, 0.3) is 5.91 Å². The maximum absolute atomic E-state index is 14.3. The van der Waals surface area contributed by atoms with Gasteiger partial charge in [-0.3, -0.25) is 9.63 Å². The first-order valence-electron chi connectivity index (χ1n) is 10.2. The van der Waals surface area contributed by atoms with E-state index in [1.807, 2.05) is 0 Å². The number of aliphatic hydroxyl groups is 1. The Bertz CT molecular complexity index is 965. The molecule has 0 bridgehead atoms. The largest absolute Gasteiger partial charge is 0.382 e. The molecule has 1 aromatic heterocycles. The zero-order valence-electron chi connectivity index (χ0n) is 19.2. The van der Waals surface area contributed by atoms with Gasteiger partial charge in [-0.25, -0.2) is 18.5 Å². The van der Waals surface area contributed by atoms with Crippen molar-refractivity contribution in [2.24, 2.45) is 0 Å². The number of carbonyl (C=O) groups is 1. The summed E-state index contributed by atoms with van der Waals surface area (Å²) in [6.45, 7) is 8.84. The Balaban J connectivity index is 2.50. The second-order valence-electron chi connectivity index (χ2n) is 8.59. The summed E-state index contributed by atoms with van der Waals surface area (Å²) in [7, 11) is 1.44. The van der Waals surface area contributed by atoms with E-state index >= 15 is 0 Å². The van der Waals surface area contributed by atoms with Crippen LogP contribution in [0, 0.1) is 11.6 Å². The zero-order valence-corrected chi connectivity index (χ0v) is 21.8. The number of rotatable bonds is 10. The van der Waals surface area contributed by atoms with Crippen molar-refractivity contribution < 1.29 is 28.3 Å². The molecule has 0 saturated carbocycles. The summed E-state index contributed by atoms with van der Waals surface area (Å²) >= 11 is 3.28. The van der Waals surface area contributed by atoms with E-state index in [1.165, 1.54) is 25.0 Å². The Morgan fingerprint density at radius 2 is 2.03 bits per heavy atom. The number of halogens is 3. The van der Waals surface area contributed by atoms with Gasteiger partial charge in [0.15, 0.2) is 11.6 Å². The third kappa shape index (κ3) is 6.01. The molecule has 2 aromatic rings. The average Bonchev–Trinajstić information content (AvgIpc) is 3.15. The van der Waals surface area contributed by atoms with Gasteiger partial charge in [-0.2, -0.15) is 5.10 Å². The van der Waals surface area contributed by atoms with E-state index in [9.17, 15) is 18.7 Å². The summed E-state index contributed by atoms with van der Waals surface area (Å²) in [6, 6.07) is 1.85. The average molecular weight is 534 g/mol. The lowest BCUT2D eigenvalue weighted by Gasteiger charge is -2.21. The topological polar surface area (TPSA) is 76.8 Å². The third-order valence-electron chi connectivity index (χ3n) is 5.06. The Kier molecular flexibility index (Phi) is 9.12. The SMILES string of the molecule is CCc1c(F)c(F)cc(C(O)c2c(C(=O)N(C)OC)cnn2COCC[Si](C)(C)C)c1Br. The molecule has 2 rings (SSSR count). The summed E-state index contributed by atoms with van der Waals surface area (Å²) in [4.78, 5) is 17.8. The van der Waals surface area contributed by atoms with Crippen LogP contribution in [0.2, 0.25) is 25.7 Å². The molecule has 178 valence electrons. The van der Waals surface area contributed by atoms with E-state index in [-0.39, 0.29) is 40.0 Å². The molecule has 1 amide bonds. The highest BCUT2D eigenvalue weighted by molar-refractivity contribution is 9.10. The van der Waals surface area contributed by atoms with E-state index in [0.717, 1.165) is 17.2 Å². The van der Waals surface area contributed by atoms with E-state index in [1.54, 1.807) is 6.92 Å². The Labute approximate surface area is 196 Å². The van der Waals surface area contributed by atoms with E-state index in [4.69, 9.17) is 9.57 Å². The number of aromatic nitrogens is 2. The fraction of sp³-hybridized carbons (Fsp3) is 0.524. The lowest BCUT2D eigenvalue weighted by atomic mass is 9.99. The van der Waals surface area contributed by atoms with Crippen molar-refractivity contribution in [2.45, 2.75) is 51.9 Å². The van der Waals surface area contributed by atoms with Gasteiger partial charge < -0.3 is 9.84 Å². The number of hydrogen-bond acceptors (Lipinski definition) is 5. The third-order valence-corrected chi connectivity index (χ3v) is 7.70. The van der Waals surface area contributed by atoms with Crippen LogP contribution in [0.5, 0.6) is 0 Å². The van der Waals surface area contributed by atoms with Gasteiger partial charge in [-0.1, -0.05) is 42.5 Å². The summed E-state index contributed by atoms with van der Waals surface area (Å²) in [5.74, 6) is -2.61. The summed E-state index contributed by atoms with van der Waals surface area (Å²) < 4.78 is 35.8. The highest BCUT2D eigenvalue weighted by atomic mass is 79.9. The first-order valence-corrected chi connectivity index (χ1v) is 14.7. The number of benzene rings is 1. The number of carbonyl (C=O) groups excluding carboxylic acids is 1. The van der Waals surface area contributed by atoms with Crippen molar-refractivity contribution in [1.82, 2.24) is 14.8 Å². The van der Waals surface area contributed by atoms with Gasteiger partial charge in [-0.15, -0.1) is 0 Å². The predicted octanol–water partition coefficient (Wildman–Crippen LogP) is 4.51. The van der Waals surface area contributed by atoms with Crippen LogP contribution in [0.15, 0.2) is 16.7 Å². The minimum absolute atomic E-state index is 0.0111. The van der Waals surface area contributed by atoms with E-state index in [0.29, 0.717) is 6.61 Å². The molecule has 1 N–H and O–H groups in total. The Hall–Kier alpha value is -1.66. The lowest BCUT2D eigenvalue weighted by molar-refractivity contribution is -0.0759. The number of hydroxylamine groups is 2. The summed E-state index contributed by atoms with van der Waals surface area (Å²) in [6.07, 6.45) is 0.0330. The summed E-state index contributed by atoms with van der Waals surface area (Å²) in [5, 5.41) is 16.4. The van der Waals surface area contributed by atoms with Crippen molar-refractivity contribution in [3.05, 3.63) is 50.8 Å². The van der Waals surface area contributed by atoms with E-state index in [2.05, 4.69) is 40.7 Å². The van der Waals surface area contributed by atoms with Crippen LogP contribution in [-0.4, -0.2) is 54.7 Å². The number of ether oxygens (including phenoxy) is 1. The van der Waals surface area contributed by atoms with Gasteiger partial charge in [0, 0.05) is 37.3 Å². The smallest absolute Gasteiger partial charge is 0.280 e. The second kappa shape index (κ2) is 11.0. The fourth-order valence-corrected chi connectivity index (χ4v) is 4.61. The molecule has 0 aliphatic heterocycles. The standard InChI is InChI=1S/C21H30BrF2N3O4Si/c1-7-13-17(22)14(10-16(23)18(13)24)20(28)19-15(21(29)26(2)30-3)11-25-27(19)12-31-8-9-32(4,5)6/h10-11,20,28H,7-9,12H2,1-6H3. The van der Waals surface area contributed by atoms with Crippen LogP contribution in [0.25, 0.3) is 0 Å². The van der Waals surface area contributed by atoms with Crippen LogP contribution in [0.4, 0.5) is 8.78 Å². The molecular weight excluding hydrogens is 504 g/mol. The lowest BCUT2D eigenvalue weighted by Crippen LogP contribution is -2.27. The maximum Gasteiger partial charge on any atom is 0.280 e. The highest BCUT2D eigenvalue weighted by Crippen LogP contribution is 2.35. The molecule has 0 aliphatic carbocycles. The zero-order chi connectivity index (χ0) is 24.2. The van der Waals surface area contributed by atoms with Crippen molar-refractivity contribution in [1.29, 1.82) is 0 Å². The van der Waals surface area contributed by atoms with Crippen molar-refractivity contribution in [3.63, 3.8) is 0 Å². The minimum Gasteiger partial charge on any atom is -0.382 e. The molecule has 11 heteroatoms. The van der Waals surface area contributed by atoms with Crippen LogP contribution < -0.4 is 0 Å². The van der Waals surface area contributed by atoms with Crippen molar-refractivity contribution in [3.8, 4) is 0 Å². The van der Waals surface area contributed by atoms with Crippen LogP contribution in [0.1, 0.15) is 40.2 Å². The van der Waals surface area contributed by atoms with E-state index < -0.39 is 31.7 Å². The van der Waals surface area contributed by atoms with Crippen LogP contribution in [-0.2, 0) is 22.7 Å². The van der Waals surface area contributed by atoms with Gasteiger partial charge in [-0.05, 0) is 18.5 Å². The van der Waals surface area contributed by atoms with Gasteiger partial charge in [0.05, 0.1) is 24.6 Å². The monoisotopic (exact) mass is 533 g/mol. The van der Waals surface area contributed by atoms with Gasteiger partial charge in [0.1, 0.15) is 12.8 Å². The Morgan fingerprint density at radius 1 is 1.38 bits per heavy atom. The molecule has 0 fully saturated rings. The molecule has 1 aromatic carbocycles. The molecular formula is C21H30BrF2N3O4Si. The maximum atomic E-state index is 14.3. The number of nitrogens with zero attached hydrogens (tertiary/aromatic N) is 3. The molecule has 1 unspecified atom stereocenters. The first-order chi connectivity index (χ1) is 14.9. The van der Waals surface area contributed by atoms with Gasteiger partial charge in [0.2, 0.25) is 0 Å². The molecule has 0 aliphatic rings. The molecule has 0 saturated heterocycles. The molecule has 0 spiro atoms. The molecule has 1 heterocycles. The normalized spacial score (nSPS) is 12.8. The summed E-state index contributed by atoms with van der Waals surface area (Å²) in [5.41, 5.74) is 0.336. The van der Waals surface area contributed by atoms with Crippen molar-refractivity contribution in [2.75, 3.05) is 20.8 Å². The first kappa shape index (κ1) is 26.6. The molecule has 1 atom stereocenters. The number of amides is 1. The van der Waals surface area contributed by atoms with Crippen LogP contribution >= 0.6 is 15.9 Å². The number of hydrogen-bond donors (Lipinski definition) is 1. The van der Waals surface area contributed by atoms with Gasteiger partial charge >= 0.3 is 0 Å². The fourth-order valence-electron chi connectivity index (χ4n) is 3.07. The molecule has 32 heavy (non-hydrogen) atoms. The number of aliphatic hydroxyl groups excluding tert-OH is 1. The second-order valence-corrected chi connectivity index (χ2v) is 15.0. The predicted molar refractivity (Wildman–Crippen MR) is 123 cm³/mol. The molecule has 0 radical (unpaired) electrons. The molecule has 7 nitrogen and oxygen atoms in total. The quantitative estimate of drug-likeness (QED) is 0.210. The van der Waals surface area contributed by atoms with Crippen molar-refractivity contribution >= 4 is 29.9 Å². The van der Waals surface area contributed by atoms with Crippen LogP contribution in [0.3, 0.4) is 0 Å². The Morgan fingerprint density at radius 3 is 2.59 bits per heavy atom.